The summed E-state index contributed by atoms with van der Waals surface area (Å²) < 4.78 is 4.84. The summed E-state index contributed by atoms with van der Waals surface area (Å²) in [5, 5.41) is 2.85. The molecule has 2 heterocycles. The zero-order valence-corrected chi connectivity index (χ0v) is 14.8. The average molecular weight is 362 g/mol. The number of aromatic nitrogens is 2. The highest BCUT2D eigenvalue weighted by atomic mass is 16.5. The van der Waals surface area contributed by atoms with Gasteiger partial charge in [-0.2, -0.15) is 0 Å². The second-order valence-electron chi connectivity index (χ2n) is 6.27. The van der Waals surface area contributed by atoms with E-state index in [1.54, 1.807) is 11.0 Å². The second-order valence-corrected chi connectivity index (χ2v) is 6.27. The van der Waals surface area contributed by atoms with Crippen LogP contribution in [0.5, 0.6) is 0 Å². The summed E-state index contributed by atoms with van der Waals surface area (Å²) in [7, 11) is 1.37. The topological polar surface area (TPSA) is 84.4 Å². The fourth-order valence-electron chi connectivity index (χ4n) is 3.24. The number of carbonyl (C=O) groups excluding carboxylic acids is 2. The molecule has 0 saturated carbocycles. The van der Waals surface area contributed by atoms with Gasteiger partial charge in [0.15, 0.2) is 0 Å². The molecule has 4 rings (SSSR count). The van der Waals surface area contributed by atoms with Crippen LogP contribution in [0.3, 0.4) is 0 Å². The number of aryl methyl sites for hydroxylation is 1. The molecule has 1 aliphatic heterocycles. The third kappa shape index (κ3) is 3.31. The Morgan fingerprint density at radius 2 is 1.96 bits per heavy atom. The van der Waals surface area contributed by atoms with Crippen molar-refractivity contribution in [3.05, 3.63) is 59.9 Å². The zero-order chi connectivity index (χ0) is 18.8. The van der Waals surface area contributed by atoms with E-state index in [9.17, 15) is 9.59 Å². The Hall–Kier alpha value is -3.48. The number of anilines is 2. The van der Waals surface area contributed by atoms with Crippen LogP contribution in [0, 0.1) is 0 Å². The normalized spacial score (nSPS) is 13.1. The second kappa shape index (κ2) is 7.03. The number of fused-ring (bicyclic) bond motifs is 2. The Morgan fingerprint density at radius 1 is 1.15 bits per heavy atom. The Balaban J connectivity index is 1.57. The van der Waals surface area contributed by atoms with Gasteiger partial charge in [-0.25, -0.2) is 9.78 Å². The third-order valence-electron chi connectivity index (χ3n) is 4.53. The summed E-state index contributed by atoms with van der Waals surface area (Å²) in [4.78, 5) is 34.7. The molecule has 0 saturated heterocycles. The van der Waals surface area contributed by atoms with Gasteiger partial charge in [-0.1, -0.05) is 12.1 Å². The van der Waals surface area contributed by atoms with Gasteiger partial charge in [-0.15, -0.1) is 0 Å². The van der Waals surface area contributed by atoms with Crippen LogP contribution in [0.15, 0.2) is 48.7 Å². The van der Waals surface area contributed by atoms with Crippen molar-refractivity contribution < 1.29 is 14.3 Å². The zero-order valence-electron chi connectivity index (χ0n) is 14.8. The Bertz CT molecular complexity index is 1030. The number of carbonyl (C=O) groups is 2. The van der Waals surface area contributed by atoms with Gasteiger partial charge in [0.05, 0.1) is 30.0 Å². The van der Waals surface area contributed by atoms with E-state index in [0.29, 0.717) is 17.7 Å². The van der Waals surface area contributed by atoms with E-state index in [0.717, 1.165) is 29.6 Å². The molecule has 1 N–H and O–H groups in total. The van der Waals surface area contributed by atoms with Crippen LogP contribution in [0.4, 0.5) is 16.2 Å². The van der Waals surface area contributed by atoms with Crippen LogP contribution in [0.2, 0.25) is 0 Å². The molecule has 0 bridgehead atoms. The van der Waals surface area contributed by atoms with Crippen molar-refractivity contribution in [2.75, 3.05) is 23.9 Å². The maximum absolute atomic E-state index is 12.5. The summed E-state index contributed by atoms with van der Waals surface area (Å²) in [5.74, 6) is -0.325. The van der Waals surface area contributed by atoms with E-state index in [4.69, 9.17) is 4.74 Å². The van der Waals surface area contributed by atoms with E-state index in [-0.39, 0.29) is 17.7 Å². The lowest BCUT2D eigenvalue weighted by atomic mass is 10.0. The molecule has 0 atom stereocenters. The molecule has 2 aromatic carbocycles. The standard InChI is InChI=1S/C20H18N4O3/c1-27-20(26)24-10-4-5-13-11-14(8-9-18(13)24)22-19(25)17-12-21-15-6-2-3-7-16(15)23-17/h2-3,6-9,11-12H,4-5,10H2,1H3,(H,22,25). The predicted octanol–water partition coefficient (Wildman–Crippen LogP) is 3.40. The molecular formula is C20H18N4O3. The number of ether oxygens (including phenoxy) is 1. The fraction of sp³-hybridized carbons (Fsp3) is 0.200. The van der Waals surface area contributed by atoms with Gasteiger partial charge >= 0.3 is 6.09 Å². The minimum atomic E-state index is -0.376. The smallest absolute Gasteiger partial charge is 0.414 e. The van der Waals surface area contributed by atoms with Crippen LogP contribution < -0.4 is 10.2 Å². The molecule has 0 radical (unpaired) electrons. The lowest BCUT2D eigenvalue weighted by Crippen LogP contribution is -2.35. The number of hydrogen-bond acceptors (Lipinski definition) is 5. The molecule has 27 heavy (non-hydrogen) atoms. The minimum Gasteiger partial charge on any atom is -0.452 e. The Morgan fingerprint density at radius 3 is 2.78 bits per heavy atom. The molecule has 1 aromatic heterocycles. The first kappa shape index (κ1) is 17.0. The summed E-state index contributed by atoms with van der Waals surface area (Å²) in [6.45, 7) is 0.623. The molecule has 0 aliphatic carbocycles. The highest BCUT2D eigenvalue weighted by Gasteiger charge is 2.23. The van der Waals surface area contributed by atoms with Gasteiger partial charge in [0.2, 0.25) is 0 Å². The molecular weight excluding hydrogens is 344 g/mol. The van der Waals surface area contributed by atoms with Crippen molar-refractivity contribution in [1.82, 2.24) is 9.97 Å². The molecule has 136 valence electrons. The maximum atomic E-state index is 12.5. The highest BCUT2D eigenvalue weighted by Crippen LogP contribution is 2.30. The number of nitrogens with zero attached hydrogens (tertiary/aromatic N) is 3. The third-order valence-corrected chi connectivity index (χ3v) is 4.53. The van der Waals surface area contributed by atoms with E-state index in [1.165, 1.54) is 13.3 Å². The molecule has 2 amide bonds. The van der Waals surface area contributed by atoms with Gasteiger partial charge in [-0.05, 0) is 48.7 Å². The van der Waals surface area contributed by atoms with E-state index >= 15 is 0 Å². The van der Waals surface area contributed by atoms with Crippen LogP contribution in [-0.2, 0) is 11.2 Å². The summed E-state index contributed by atoms with van der Waals surface area (Å²) >= 11 is 0. The molecule has 0 spiro atoms. The first-order valence-electron chi connectivity index (χ1n) is 8.67. The predicted molar refractivity (Wildman–Crippen MR) is 102 cm³/mol. The molecule has 1 aliphatic rings. The number of amides is 2. The van der Waals surface area contributed by atoms with Crippen molar-refractivity contribution in [2.45, 2.75) is 12.8 Å². The van der Waals surface area contributed by atoms with Crippen molar-refractivity contribution in [1.29, 1.82) is 0 Å². The Labute approximate surface area is 156 Å². The van der Waals surface area contributed by atoms with Crippen molar-refractivity contribution in [2.24, 2.45) is 0 Å². The minimum absolute atomic E-state index is 0.252. The molecule has 3 aromatic rings. The SMILES string of the molecule is COC(=O)N1CCCc2cc(NC(=O)c3cnc4ccccc4n3)ccc21. The van der Waals surface area contributed by atoms with Crippen LogP contribution in [-0.4, -0.2) is 35.6 Å². The Kier molecular flexibility index (Phi) is 4.42. The first-order chi connectivity index (χ1) is 13.2. The monoisotopic (exact) mass is 362 g/mol. The summed E-state index contributed by atoms with van der Waals surface area (Å²) in [6.07, 6.45) is 2.77. The van der Waals surface area contributed by atoms with Crippen molar-refractivity contribution in [3.8, 4) is 0 Å². The van der Waals surface area contributed by atoms with Gasteiger partial charge in [0.25, 0.3) is 5.91 Å². The number of rotatable bonds is 2. The van der Waals surface area contributed by atoms with Gasteiger partial charge in [-0.3, -0.25) is 14.7 Å². The van der Waals surface area contributed by atoms with Crippen LogP contribution in [0.1, 0.15) is 22.5 Å². The quantitative estimate of drug-likeness (QED) is 0.755. The van der Waals surface area contributed by atoms with Gasteiger partial charge in [0, 0.05) is 12.2 Å². The van der Waals surface area contributed by atoms with Crippen LogP contribution >= 0.6 is 0 Å². The van der Waals surface area contributed by atoms with Gasteiger partial charge in [0.1, 0.15) is 5.69 Å². The highest BCUT2D eigenvalue weighted by molar-refractivity contribution is 6.03. The van der Waals surface area contributed by atoms with E-state index in [1.807, 2.05) is 36.4 Å². The molecule has 0 unspecified atom stereocenters. The largest absolute Gasteiger partial charge is 0.452 e. The number of benzene rings is 2. The van der Waals surface area contributed by atoms with Gasteiger partial charge < -0.3 is 10.1 Å². The number of hydrogen-bond donors (Lipinski definition) is 1. The molecule has 0 fully saturated rings. The van der Waals surface area contributed by atoms with Crippen molar-refractivity contribution in [3.63, 3.8) is 0 Å². The number of methoxy groups -OCH3 is 1. The lowest BCUT2D eigenvalue weighted by molar-refractivity contribution is 0.102. The average Bonchev–Trinajstić information content (AvgIpc) is 2.72. The summed E-state index contributed by atoms with van der Waals surface area (Å²) in [6, 6.07) is 12.9. The van der Waals surface area contributed by atoms with Crippen molar-refractivity contribution >= 4 is 34.4 Å². The van der Waals surface area contributed by atoms with E-state index < -0.39 is 0 Å². The molecule has 7 heteroatoms. The fourth-order valence-corrected chi connectivity index (χ4v) is 3.24. The van der Waals surface area contributed by atoms with Crippen LogP contribution in [0.25, 0.3) is 11.0 Å². The number of para-hydroxylation sites is 2. The first-order valence-corrected chi connectivity index (χ1v) is 8.67. The van der Waals surface area contributed by atoms with E-state index in [2.05, 4.69) is 15.3 Å². The molecule has 7 nitrogen and oxygen atoms in total. The maximum Gasteiger partial charge on any atom is 0.414 e. The summed E-state index contributed by atoms with van der Waals surface area (Å²) in [5.41, 5.74) is 4.13. The number of nitrogens with one attached hydrogen (secondary N) is 1. The lowest BCUT2D eigenvalue weighted by Gasteiger charge is -2.28.